The molecule has 0 radical (unpaired) electrons. The third-order valence-corrected chi connectivity index (χ3v) is 2.84. The number of aliphatic carboxylic acids is 1. The highest BCUT2D eigenvalue weighted by atomic mass is 35.5. The van der Waals surface area contributed by atoms with Gasteiger partial charge in [-0.3, -0.25) is 0 Å². The van der Waals surface area contributed by atoms with Crippen LogP contribution in [0.2, 0.25) is 5.02 Å². The van der Waals surface area contributed by atoms with Crippen molar-refractivity contribution in [2.24, 2.45) is 0 Å². The topological polar surface area (TPSA) is 93.4 Å². The first-order valence-corrected chi connectivity index (χ1v) is 5.71. The average molecular weight is 282 g/mol. The zero-order chi connectivity index (χ0) is 14.6. The largest absolute Gasteiger partial charge is 0.480 e. The van der Waals surface area contributed by atoms with Crippen LogP contribution >= 0.6 is 11.6 Å². The van der Waals surface area contributed by atoms with Crippen molar-refractivity contribution in [3.8, 4) is 6.07 Å². The van der Waals surface area contributed by atoms with Crippen LogP contribution in [0.3, 0.4) is 0 Å². The molecular formula is C12H12ClN3O3. The third-order valence-electron chi connectivity index (χ3n) is 2.60. The average Bonchev–Trinajstić information content (AvgIpc) is 2.37. The molecule has 6 nitrogen and oxygen atoms in total. The SMILES string of the molecule is CC(C(=O)O)N(C)C(=O)Nc1cc(Cl)ccc1C#N. The molecule has 0 aromatic heterocycles. The lowest BCUT2D eigenvalue weighted by atomic mass is 10.2. The van der Waals surface area contributed by atoms with Gasteiger partial charge in [-0.15, -0.1) is 0 Å². The molecule has 0 aliphatic rings. The van der Waals surface area contributed by atoms with Gasteiger partial charge in [0.05, 0.1) is 11.3 Å². The summed E-state index contributed by atoms with van der Waals surface area (Å²) < 4.78 is 0. The van der Waals surface area contributed by atoms with E-state index in [9.17, 15) is 9.59 Å². The van der Waals surface area contributed by atoms with Crippen LogP contribution in [-0.4, -0.2) is 35.1 Å². The number of hydrogen-bond donors (Lipinski definition) is 2. The van der Waals surface area contributed by atoms with Crippen molar-refractivity contribution in [3.05, 3.63) is 28.8 Å². The molecule has 1 rings (SSSR count). The van der Waals surface area contributed by atoms with E-state index in [1.54, 1.807) is 0 Å². The van der Waals surface area contributed by atoms with Crippen molar-refractivity contribution in [2.45, 2.75) is 13.0 Å². The number of amides is 2. The van der Waals surface area contributed by atoms with Crippen molar-refractivity contribution in [1.82, 2.24) is 4.90 Å². The number of rotatable bonds is 3. The fourth-order valence-corrected chi connectivity index (χ4v) is 1.43. The van der Waals surface area contributed by atoms with Crippen LogP contribution in [0.5, 0.6) is 0 Å². The van der Waals surface area contributed by atoms with Gasteiger partial charge in [0.15, 0.2) is 0 Å². The summed E-state index contributed by atoms with van der Waals surface area (Å²) in [6.45, 7) is 1.38. The van der Waals surface area contributed by atoms with Crippen molar-refractivity contribution >= 4 is 29.3 Å². The first-order chi connectivity index (χ1) is 8.86. The predicted octanol–water partition coefficient (Wildman–Crippen LogP) is 2.15. The van der Waals surface area contributed by atoms with Gasteiger partial charge in [0.1, 0.15) is 12.1 Å². The Kier molecular flexibility index (Phi) is 4.73. The van der Waals surface area contributed by atoms with E-state index in [2.05, 4.69) is 5.32 Å². The van der Waals surface area contributed by atoms with Gasteiger partial charge >= 0.3 is 12.0 Å². The Morgan fingerprint density at radius 2 is 2.16 bits per heavy atom. The number of carboxylic acids is 1. The second kappa shape index (κ2) is 6.07. The third kappa shape index (κ3) is 3.60. The van der Waals surface area contributed by atoms with E-state index < -0.39 is 18.0 Å². The Morgan fingerprint density at radius 1 is 1.53 bits per heavy atom. The molecule has 19 heavy (non-hydrogen) atoms. The minimum absolute atomic E-state index is 0.240. The van der Waals surface area contributed by atoms with Crippen molar-refractivity contribution in [3.63, 3.8) is 0 Å². The molecule has 0 saturated carbocycles. The number of nitrogens with zero attached hydrogens (tertiary/aromatic N) is 2. The Morgan fingerprint density at radius 3 is 2.68 bits per heavy atom. The van der Waals surface area contributed by atoms with Crippen LogP contribution in [-0.2, 0) is 4.79 Å². The molecule has 1 atom stereocenters. The van der Waals surface area contributed by atoms with Crippen LogP contribution in [0.4, 0.5) is 10.5 Å². The molecule has 0 saturated heterocycles. The van der Waals surface area contributed by atoms with Crippen LogP contribution < -0.4 is 5.32 Å². The quantitative estimate of drug-likeness (QED) is 0.887. The maximum atomic E-state index is 11.8. The Labute approximate surface area is 115 Å². The van der Waals surface area contributed by atoms with E-state index in [-0.39, 0.29) is 11.3 Å². The number of benzene rings is 1. The second-order valence-electron chi connectivity index (χ2n) is 3.86. The van der Waals surface area contributed by atoms with Crippen molar-refractivity contribution in [2.75, 3.05) is 12.4 Å². The molecule has 0 bridgehead atoms. The summed E-state index contributed by atoms with van der Waals surface area (Å²) in [5.41, 5.74) is 0.485. The summed E-state index contributed by atoms with van der Waals surface area (Å²) in [5, 5.41) is 20.5. The number of hydrogen-bond acceptors (Lipinski definition) is 3. The standard InChI is InChI=1S/C12H12ClN3O3/c1-7(11(17)18)16(2)12(19)15-10-5-9(13)4-3-8(10)6-14/h3-5,7H,1-2H3,(H,15,19)(H,17,18). The highest BCUT2D eigenvalue weighted by Crippen LogP contribution is 2.20. The lowest BCUT2D eigenvalue weighted by Crippen LogP contribution is -2.42. The lowest BCUT2D eigenvalue weighted by molar-refractivity contribution is -0.141. The molecule has 7 heteroatoms. The number of nitrogens with one attached hydrogen (secondary N) is 1. The molecular weight excluding hydrogens is 270 g/mol. The van der Waals surface area contributed by atoms with Crippen molar-refractivity contribution < 1.29 is 14.7 Å². The van der Waals surface area contributed by atoms with Crippen molar-refractivity contribution in [1.29, 1.82) is 5.26 Å². The van der Waals surface area contributed by atoms with E-state index in [1.165, 1.54) is 32.2 Å². The van der Waals surface area contributed by atoms with Gasteiger partial charge in [0.25, 0.3) is 0 Å². The van der Waals surface area contributed by atoms with Gasteiger partial charge in [-0.1, -0.05) is 11.6 Å². The number of carbonyl (C=O) groups excluding carboxylic acids is 1. The number of anilines is 1. The summed E-state index contributed by atoms with van der Waals surface area (Å²) >= 11 is 5.78. The number of likely N-dealkylation sites (N-methyl/N-ethyl adjacent to an activating group) is 1. The lowest BCUT2D eigenvalue weighted by Gasteiger charge is -2.22. The number of carboxylic acid groups (broad SMARTS) is 1. The summed E-state index contributed by atoms with van der Waals surface area (Å²) in [6.07, 6.45) is 0. The summed E-state index contributed by atoms with van der Waals surface area (Å²) in [7, 11) is 1.35. The predicted molar refractivity (Wildman–Crippen MR) is 70.0 cm³/mol. The molecule has 2 amide bonds. The summed E-state index contributed by atoms with van der Waals surface area (Å²) in [5.74, 6) is -1.12. The molecule has 1 aromatic rings. The van der Waals surface area contributed by atoms with Crippen LogP contribution in [0.1, 0.15) is 12.5 Å². The zero-order valence-electron chi connectivity index (χ0n) is 10.3. The first kappa shape index (κ1) is 14.8. The molecule has 0 spiro atoms. The van der Waals surface area contributed by atoms with E-state index in [0.29, 0.717) is 5.02 Å². The van der Waals surface area contributed by atoms with Crippen LogP contribution in [0, 0.1) is 11.3 Å². The molecule has 0 aliphatic heterocycles. The van der Waals surface area contributed by atoms with Crippen LogP contribution in [0.15, 0.2) is 18.2 Å². The minimum Gasteiger partial charge on any atom is -0.480 e. The minimum atomic E-state index is -1.12. The number of nitriles is 1. The fourth-order valence-electron chi connectivity index (χ4n) is 1.26. The molecule has 1 aromatic carbocycles. The van der Waals surface area contributed by atoms with Gasteiger partial charge in [-0.2, -0.15) is 5.26 Å². The van der Waals surface area contributed by atoms with Gasteiger partial charge in [-0.05, 0) is 25.1 Å². The molecule has 1 unspecified atom stereocenters. The first-order valence-electron chi connectivity index (χ1n) is 5.33. The van der Waals surface area contributed by atoms with E-state index in [0.717, 1.165) is 4.90 Å². The maximum Gasteiger partial charge on any atom is 0.326 e. The highest BCUT2D eigenvalue weighted by Gasteiger charge is 2.22. The number of carbonyl (C=O) groups is 2. The molecule has 100 valence electrons. The number of urea groups is 1. The zero-order valence-corrected chi connectivity index (χ0v) is 11.1. The summed E-state index contributed by atoms with van der Waals surface area (Å²) in [6, 6.07) is 4.72. The van der Waals surface area contributed by atoms with E-state index in [1.807, 2.05) is 6.07 Å². The number of halogens is 1. The van der Waals surface area contributed by atoms with Gasteiger partial charge in [0.2, 0.25) is 0 Å². The Hall–Kier alpha value is -2.26. The molecule has 0 aliphatic carbocycles. The highest BCUT2D eigenvalue weighted by molar-refractivity contribution is 6.31. The van der Waals surface area contributed by atoms with E-state index in [4.69, 9.17) is 22.0 Å². The molecule has 0 heterocycles. The Bertz CT molecular complexity index is 554. The van der Waals surface area contributed by atoms with Gasteiger partial charge in [0, 0.05) is 12.1 Å². The Balaban J connectivity index is 2.91. The van der Waals surface area contributed by atoms with E-state index >= 15 is 0 Å². The maximum absolute atomic E-state index is 11.8. The molecule has 0 fully saturated rings. The monoisotopic (exact) mass is 281 g/mol. The summed E-state index contributed by atoms with van der Waals surface area (Å²) in [4.78, 5) is 23.6. The normalized spacial score (nSPS) is 11.3. The molecule has 2 N–H and O–H groups in total. The van der Waals surface area contributed by atoms with Crippen LogP contribution in [0.25, 0.3) is 0 Å². The fraction of sp³-hybridized carbons (Fsp3) is 0.250. The van der Waals surface area contributed by atoms with Gasteiger partial charge in [-0.25, -0.2) is 9.59 Å². The second-order valence-corrected chi connectivity index (χ2v) is 4.29. The smallest absolute Gasteiger partial charge is 0.326 e. The van der Waals surface area contributed by atoms with Gasteiger partial charge < -0.3 is 15.3 Å².